The van der Waals surface area contributed by atoms with Crippen LogP contribution in [-0.4, -0.2) is 27.2 Å². The summed E-state index contributed by atoms with van der Waals surface area (Å²) in [4.78, 5) is 27.1. The summed E-state index contributed by atoms with van der Waals surface area (Å²) in [5.74, 6) is 0.0176. The van der Waals surface area contributed by atoms with Gasteiger partial charge in [-0.15, -0.1) is 0 Å². The van der Waals surface area contributed by atoms with Crippen LogP contribution in [0.4, 0.5) is 0 Å². The molecule has 3 N–H and O–H groups in total. The number of phenolic OH excluding ortho intramolecular Hbond substituents is 1. The van der Waals surface area contributed by atoms with E-state index in [1.165, 1.54) is 22.8 Å². The number of aromatic amines is 1. The van der Waals surface area contributed by atoms with E-state index >= 15 is 0 Å². The van der Waals surface area contributed by atoms with E-state index in [-0.39, 0.29) is 17.4 Å². The fourth-order valence-electron chi connectivity index (χ4n) is 2.70. The number of nitrogens with zero attached hydrogens (tertiary/aromatic N) is 1. The molecule has 0 amide bonds. The lowest BCUT2D eigenvalue weighted by Crippen LogP contribution is -2.44. The average Bonchev–Trinajstić information content (AvgIpc) is 2.46. The normalized spacial score (nSPS) is 19.3. The van der Waals surface area contributed by atoms with Crippen molar-refractivity contribution < 1.29 is 5.11 Å². The fraction of sp³-hybridized carbons (Fsp3) is 0.429. The number of fused-ring (bicyclic) bond motifs is 1. The molecule has 6 heteroatoms. The summed E-state index contributed by atoms with van der Waals surface area (Å²) in [6, 6.07) is 4.53. The summed E-state index contributed by atoms with van der Waals surface area (Å²) in [6.45, 7) is 1.28. The molecular formula is C14H17N3O3. The number of aromatic hydroxyl groups is 1. The summed E-state index contributed by atoms with van der Waals surface area (Å²) in [6.07, 6.45) is 3.20. The van der Waals surface area contributed by atoms with Crippen LogP contribution in [0.2, 0.25) is 0 Å². The zero-order valence-electron chi connectivity index (χ0n) is 11.1. The van der Waals surface area contributed by atoms with Gasteiger partial charge in [0.2, 0.25) is 0 Å². The minimum Gasteiger partial charge on any atom is -0.508 e. The van der Waals surface area contributed by atoms with Crippen molar-refractivity contribution in [1.29, 1.82) is 0 Å². The second-order valence-electron chi connectivity index (χ2n) is 5.22. The van der Waals surface area contributed by atoms with Crippen molar-refractivity contribution in [3.05, 3.63) is 39.0 Å². The first kappa shape index (κ1) is 12.9. The Morgan fingerprint density at radius 3 is 2.90 bits per heavy atom. The number of aromatic nitrogens is 2. The Labute approximate surface area is 115 Å². The van der Waals surface area contributed by atoms with Crippen molar-refractivity contribution in [3.8, 4) is 5.75 Å². The monoisotopic (exact) mass is 275 g/mol. The number of H-pyrrole nitrogens is 1. The van der Waals surface area contributed by atoms with E-state index < -0.39 is 5.69 Å². The largest absolute Gasteiger partial charge is 0.508 e. The highest BCUT2D eigenvalue weighted by Crippen LogP contribution is 2.14. The molecule has 1 aliphatic heterocycles. The first-order valence-electron chi connectivity index (χ1n) is 6.84. The van der Waals surface area contributed by atoms with Gasteiger partial charge in [-0.3, -0.25) is 9.36 Å². The SMILES string of the molecule is O=c1[nH]c2ccc(O)cc2c(=O)n1CC1CCCCN1. The quantitative estimate of drug-likeness (QED) is 0.746. The minimum atomic E-state index is -0.402. The van der Waals surface area contributed by atoms with Gasteiger partial charge in [0.1, 0.15) is 5.75 Å². The van der Waals surface area contributed by atoms with Gasteiger partial charge in [-0.1, -0.05) is 6.42 Å². The summed E-state index contributed by atoms with van der Waals surface area (Å²) >= 11 is 0. The van der Waals surface area contributed by atoms with E-state index in [1.54, 1.807) is 0 Å². The average molecular weight is 275 g/mol. The molecule has 1 saturated heterocycles. The number of nitrogens with one attached hydrogen (secondary N) is 2. The standard InChI is InChI=1S/C14H17N3O3/c18-10-4-5-12-11(7-10)13(19)17(14(20)16-12)8-9-3-1-2-6-15-9/h4-5,7,9,15,18H,1-3,6,8H2,(H,16,20). The molecule has 1 unspecified atom stereocenters. The summed E-state index contributed by atoms with van der Waals surface area (Å²) in [5.41, 5.74) is -0.307. The second kappa shape index (κ2) is 5.13. The predicted octanol–water partition coefficient (Wildman–Crippen LogP) is 0.537. The number of phenols is 1. The summed E-state index contributed by atoms with van der Waals surface area (Å²) < 4.78 is 1.21. The Morgan fingerprint density at radius 1 is 1.30 bits per heavy atom. The van der Waals surface area contributed by atoms with Gasteiger partial charge >= 0.3 is 5.69 Å². The second-order valence-corrected chi connectivity index (χ2v) is 5.22. The predicted molar refractivity (Wildman–Crippen MR) is 76.1 cm³/mol. The topological polar surface area (TPSA) is 87.1 Å². The van der Waals surface area contributed by atoms with Crippen LogP contribution in [0.1, 0.15) is 19.3 Å². The molecule has 6 nitrogen and oxygen atoms in total. The molecule has 0 aliphatic carbocycles. The molecule has 1 aromatic heterocycles. The van der Waals surface area contributed by atoms with Crippen LogP contribution in [0.25, 0.3) is 10.9 Å². The molecule has 0 spiro atoms. The smallest absolute Gasteiger partial charge is 0.328 e. The van der Waals surface area contributed by atoms with Gasteiger partial charge in [0.05, 0.1) is 10.9 Å². The number of rotatable bonds is 2. The van der Waals surface area contributed by atoms with Crippen molar-refractivity contribution in [2.45, 2.75) is 31.8 Å². The number of piperidine rings is 1. The molecule has 0 radical (unpaired) electrons. The number of hydrogen-bond acceptors (Lipinski definition) is 4. The molecule has 1 aromatic carbocycles. The molecular weight excluding hydrogens is 258 g/mol. The van der Waals surface area contributed by atoms with E-state index in [4.69, 9.17) is 0 Å². The molecule has 0 saturated carbocycles. The Morgan fingerprint density at radius 2 is 2.15 bits per heavy atom. The van der Waals surface area contributed by atoms with Gasteiger partial charge in [-0.05, 0) is 37.6 Å². The maximum atomic E-state index is 12.4. The van der Waals surface area contributed by atoms with Crippen LogP contribution >= 0.6 is 0 Å². The van der Waals surface area contributed by atoms with Crippen molar-refractivity contribution in [3.63, 3.8) is 0 Å². The van der Waals surface area contributed by atoms with Crippen LogP contribution in [-0.2, 0) is 6.54 Å². The molecule has 2 heterocycles. The van der Waals surface area contributed by atoms with E-state index in [1.807, 2.05) is 0 Å². The lowest BCUT2D eigenvalue weighted by Gasteiger charge is -2.23. The third-order valence-corrected chi connectivity index (χ3v) is 3.78. The van der Waals surface area contributed by atoms with Crippen molar-refractivity contribution in [1.82, 2.24) is 14.9 Å². The Bertz CT molecular complexity index is 741. The van der Waals surface area contributed by atoms with E-state index in [2.05, 4.69) is 10.3 Å². The van der Waals surface area contributed by atoms with Gasteiger partial charge in [-0.25, -0.2) is 4.79 Å². The molecule has 1 fully saturated rings. The lowest BCUT2D eigenvalue weighted by molar-refractivity contribution is 0.355. The number of hydrogen-bond donors (Lipinski definition) is 3. The first-order chi connectivity index (χ1) is 9.65. The highest BCUT2D eigenvalue weighted by molar-refractivity contribution is 5.78. The van der Waals surface area contributed by atoms with E-state index in [0.717, 1.165) is 25.8 Å². The van der Waals surface area contributed by atoms with E-state index in [0.29, 0.717) is 17.4 Å². The van der Waals surface area contributed by atoms with E-state index in [9.17, 15) is 14.7 Å². The molecule has 20 heavy (non-hydrogen) atoms. The highest BCUT2D eigenvalue weighted by atomic mass is 16.3. The van der Waals surface area contributed by atoms with Crippen LogP contribution in [0.3, 0.4) is 0 Å². The number of benzene rings is 1. The first-order valence-corrected chi connectivity index (χ1v) is 6.84. The lowest BCUT2D eigenvalue weighted by atomic mass is 10.1. The van der Waals surface area contributed by atoms with Crippen molar-refractivity contribution in [2.75, 3.05) is 6.54 Å². The molecule has 106 valence electrons. The van der Waals surface area contributed by atoms with Gasteiger partial charge in [0, 0.05) is 12.6 Å². The zero-order valence-corrected chi connectivity index (χ0v) is 11.1. The van der Waals surface area contributed by atoms with Gasteiger partial charge in [0.25, 0.3) is 5.56 Å². The van der Waals surface area contributed by atoms with Crippen LogP contribution in [0, 0.1) is 0 Å². The molecule has 1 aliphatic rings. The fourth-order valence-corrected chi connectivity index (χ4v) is 2.70. The summed E-state index contributed by atoms with van der Waals surface area (Å²) in [5, 5.41) is 13.1. The van der Waals surface area contributed by atoms with Gasteiger partial charge < -0.3 is 15.4 Å². The Hall–Kier alpha value is -2.08. The molecule has 0 bridgehead atoms. The third kappa shape index (κ3) is 2.34. The molecule has 3 rings (SSSR count). The van der Waals surface area contributed by atoms with Crippen LogP contribution < -0.4 is 16.6 Å². The zero-order chi connectivity index (χ0) is 14.1. The van der Waals surface area contributed by atoms with Crippen molar-refractivity contribution >= 4 is 10.9 Å². The maximum Gasteiger partial charge on any atom is 0.328 e. The van der Waals surface area contributed by atoms with Gasteiger partial charge in [0.15, 0.2) is 0 Å². The Kier molecular flexibility index (Phi) is 3.31. The molecule has 2 aromatic rings. The highest BCUT2D eigenvalue weighted by Gasteiger charge is 2.16. The summed E-state index contributed by atoms with van der Waals surface area (Å²) in [7, 11) is 0. The van der Waals surface area contributed by atoms with Crippen molar-refractivity contribution in [2.24, 2.45) is 0 Å². The minimum absolute atomic E-state index is 0.0176. The molecule has 1 atom stereocenters. The maximum absolute atomic E-state index is 12.4. The Balaban J connectivity index is 2.05. The third-order valence-electron chi connectivity index (χ3n) is 3.78. The van der Waals surface area contributed by atoms with Crippen LogP contribution in [0.15, 0.2) is 27.8 Å². The van der Waals surface area contributed by atoms with Crippen LogP contribution in [0.5, 0.6) is 5.75 Å². The van der Waals surface area contributed by atoms with Gasteiger partial charge in [-0.2, -0.15) is 0 Å².